The van der Waals surface area contributed by atoms with Crippen molar-refractivity contribution < 1.29 is 19.8 Å². The van der Waals surface area contributed by atoms with Crippen LogP contribution in [0.1, 0.15) is 65.2 Å². The highest BCUT2D eigenvalue weighted by Crippen LogP contribution is 2.67. The van der Waals surface area contributed by atoms with Crippen molar-refractivity contribution in [2.24, 2.45) is 34.5 Å². The molecule has 0 spiro atoms. The van der Waals surface area contributed by atoms with Gasteiger partial charge >= 0.3 is 0 Å². The summed E-state index contributed by atoms with van der Waals surface area (Å²) in [5.74, 6) is 1.05. The minimum Gasteiger partial charge on any atom is -0.393 e. The van der Waals surface area contributed by atoms with Crippen LogP contribution in [0.25, 0.3) is 0 Å². The monoisotopic (exact) mass is 426 g/mol. The highest BCUT2D eigenvalue weighted by molar-refractivity contribution is 9.09. The molecule has 0 unspecified atom stereocenters. The van der Waals surface area contributed by atoms with Gasteiger partial charge in [-0.2, -0.15) is 0 Å². The highest BCUT2D eigenvalue weighted by atomic mass is 79.9. The summed E-state index contributed by atoms with van der Waals surface area (Å²) in [6.07, 6.45) is 5.98. The molecule has 8 atom stereocenters. The Balaban J connectivity index is 1.70. The van der Waals surface area contributed by atoms with Crippen LogP contribution in [0.5, 0.6) is 0 Å². The molecule has 26 heavy (non-hydrogen) atoms. The van der Waals surface area contributed by atoms with E-state index in [9.17, 15) is 19.8 Å². The zero-order valence-corrected chi connectivity index (χ0v) is 17.4. The fraction of sp³-hybridized carbons (Fsp3) is 0.905. The lowest BCUT2D eigenvalue weighted by atomic mass is 9.44. The van der Waals surface area contributed by atoms with E-state index in [4.69, 9.17) is 0 Å². The number of hydrogen-bond acceptors (Lipinski definition) is 4. The Labute approximate surface area is 164 Å². The molecule has 0 saturated heterocycles. The lowest BCUT2D eigenvalue weighted by Crippen LogP contribution is -2.62. The van der Waals surface area contributed by atoms with Crippen LogP contribution in [0.2, 0.25) is 0 Å². The molecule has 0 aromatic rings. The van der Waals surface area contributed by atoms with Crippen LogP contribution in [-0.2, 0) is 9.59 Å². The molecule has 4 saturated carbocycles. The number of alkyl halides is 1. The molecule has 4 nitrogen and oxygen atoms in total. The number of carbonyl (C=O) groups is 2. The van der Waals surface area contributed by atoms with Crippen molar-refractivity contribution in [3.63, 3.8) is 0 Å². The molecule has 0 bridgehead atoms. The summed E-state index contributed by atoms with van der Waals surface area (Å²) in [4.78, 5) is 26.0. The first kappa shape index (κ1) is 19.1. The Morgan fingerprint density at radius 2 is 1.92 bits per heavy atom. The van der Waals surface area contributed by atoms with Crippen LogP contribution in [0.15, 0.2) is 0 Å². The van der Waals surface area contributed by atoms with Crippen LogP contribution in [0.4, 0.5) is 0 Å². The molecule has 4 rings (SSSR count). The van der Waals surface area contributed by atoms with Gasteiger partial charge < -0.3 is 10.2 Å². The summed E-state index contributed by atoms with van der Waals surface area (Å²) in [6.45, 7) is 4.25. The number of ketones is 2. The first-order chi connectivity index (χ1) is 12.2. The third-order valence-electron chi connectivity index (χ3n) is 9.06. The van der Waals surface area contributed by atoms with E-state index in [-0.39, 0.29) is 46.2 Å². The van der Waals surface area contributed by atoms with E-state index in [1.165, 1.54) is 0 Å². The molecular formula is C21H31BrO4. The van der Waals surface area contributed by atoms with Crippen molar-refractivity contribution in [2.45, 2.75) is 76.9 Å². The standard InChI is InChI=1S/C21H31BrO4/c1-19-7-5-13(23)9-12(19)3-4-14-15-6-8-21(26,17(25)11-22)20(15,2)10-16(24)18(14)19/h12-15,18,23,26H,3-11H2,1-2H3/t12-,13+,14-,15+,18+,19-,20+,21-/m0/s1. The minimum atomic E-state index is -1.37. The lowest BCUT2D eigenvalue weighted by molar-refractivity contribution is -0.177. The number of halogens is 1. The minimum absolute atomic E-state index is 0.0271. The maximum absolute atomic E-state index is 13.4. The molecule has 0 aromatic heterocycles. The fourth-order valence-electron chi connectivity index (χ4n) is 7.62. The number of carbonyl (C=O) groups excluding carboxylic acids is 2. The van der Waals surface area contributed by atoms with Gasteiger partial charge in [0.05, 0.1) is 11.4 Å². The van der Waals surface area contributed by atoms with E-state index in [1.54, 1.807) is 0 Å². The summed E-state index contributed by atoms with van der Waals surface area (Å²) in [7, 11) is 0. The molecule has 0 aromatic carbocycles. The van der Waals surface area contributed by atoms with Crippen molar-refractivity contribution in [3.05, 3.63) is 0 Å². The van der Waals surface area contributed by atoms with Gasteiger partial charge in [0.25, 0.3) is 0 Å². The number of Topliss-reactive ketones (excluding diaryl/α,β-unsaturated/α-hetero) is 2. The summed E-state index contributed by atoms with van der Waals surface area (Å²) >= 11 is 3.23. The molecule has 0 amide bonds. The molecule has 146 valence electrons. The molecule has 0 radical (unpaired) electrons. The SMILES string of the molecule is C[C@]12CC[C@@H](O)C[C@@H]1CC[C@H]1[C@H]3CC[C@](O)(C(=O)CBr)[C@]3(C)CC(=O)[C@@H]12. The van der Waals surface area contributed by atoms with E-state index < -0.39 is 11.0 Å². The van der Waals surface area contributed by atoms with Gasteiger partial charge in [0.2, 0.25) is 0 Å². The van der Waals surface area contributed by atoms with Crippen molar-refractivity contribution in [2.75, 3.05) is 5.33 Å². The second kappa shape index (κ2) is 6.12. The molecule has 4 aliphatic rings. The number of rotatable bonds is 2. The van der Waals surface area contributed by atoms with Crippen LogP contribution in [0, 0.1) is 34.5 Å². The fourth-order valence-corrected chi connectivity index (χ4v) is 8.09. The second-order valence-corrected chi connectivity index (χ2v) is 10.5. The molecule has 0 heterocycles. The number of hydrogen-bond donors (Lipinski definition) is 2. The van der Waals surface area contributed by atoms with Gasteiger partial charge in [0, 0.05) is 17.8 Å². The third kappa shape index (κ3) is 2.32. The van der Waals surface area contributed by atoms with Gasteiger partial charge in [0.1, 0.15) is 11.4 Å². The lowest BCUT2D eigenvalue weighted by Gasteiger charge is -2.60. The zero-order valence-electron chi connectivity index (χ0n) is 15.8. The van der Waals surface area contributed by atoms with Crippen LogP contribution in [0.3, 0.4) is 0 Å². The average Bonchev–Trinajstić information content (AvgIpc) is 2.86. The molecule has 2 N–H and O–H groups in total. The summed E-state index contributed by atoms with van der Waals surface area (Å²) < 4.78 is 0. The molecule has 4 aliphatic carbocycles. The Hall–Kier alpha value is -0.260. The number of fused-ring (bicyclic) bond motifs is 5. The zero-order chi connectivity index (χ0) is 18.9. The van der Waals surface area contributed by atoms with Gasteiger partial charge in [-0.3, -0.25) is 9.59 Å². The molecule has 4 fully saturated rings. The normalized spacial score (nSPS) is 53.6. The van der Waals surface area contributed by atoms with Gasteiger partial charge in [-0.15, -0.1) is 0 Å². The van der Waals surface area contributed by atoms with E-state index >= 15 is 0 Å². The van der Waals surface area contributed by atoms with E-state index in [0.717, 1.165) is 38.5 Å². The van der Waals surface area contributed by atoms with Crippen molar-refractivity contribution in [1.82, 2.24) is 0 Å². The smallest absolute Gasteiger partial charge is 0.175 e. The predicted molar refractivity (Wildman–Crippen MR) is 102 cm³/mol. The average molecular weight is 427 g/mol. The molecule has 5 heteroatoms. The predicted octanol–water partition coefficient (Wildman–Crippen LogP) is 3.26. The second-order valence-electron chi connectivity index (χ2n) is 9.97. The summed E-state index contributed by atoms with van der Waals surface area (Å²) in [6, 6.07) is 0. The van der Waals surface area contributed by atoms with Crippen molar-refractivity contribution in [3.8, 4) is 0 Å². The van der Waals surface area contributed by atoms with Crippen LogP contribution >= 0.6 is 15.9 Å². The van der Waals surface area contributed by atoms with Crippen LogP contribution < -0.4 is 0 Å². The maximum Gasteiger partial charge on any atom is 0.175 e. The Bertz CT molecular complexity index is 636. The van der Waals surface area contributed by atoms with Crippen molar-refractivity contribution >= 4 is 27.5 Å². The Morgan fingerprint density at radius 1 is 1.19 bits per heavy atom. The largest absolute Gasteiger partial charge is 0.393 e. The topological polar surface area (TPSA) is 74.6 Å². The van der Waals surface area contributed by atoms with Gasteiger partial charge in [-0.25, -0.2) is 0 Å². The van der Waals surface area contributed by atoms with Gasteiger partial charge in [0.15, 0.2) is 5.78 Å². The highest BCUT2D eigenvalue weighted by Gasteiger charge is 2.68. The van der Waals surface area contributed by atoms with Gasteiger partial charge in [-0.05, 0) is 68.1 Å². The number of aliphatic hydroxyl groups excluding tert-OH is 1. The van der Waals surface area contributed by atoms with E-state index in [0.29, 0.717) is 18.8 Å². The summed E-state index contributed by atoms with van der Waals surface area (Å²) in [5, 5.41) is 21.5. The van der Waals surface area contributed by atoms with Gasteiger partial charge in [-0.1, -0.05) is 29.8 Å². The first-order valence-corrected chi connectivity index (χ1v) is 11.3. The molecular weight excluding hydrogens is 396 g/mol. The van der Waals surface area contributed by atoms with E-state index in [1.807, 2.05) is 6.92 Å². The summed E-state index contributed by atoms with van der Waals surface area (Å²) in [5.41, 5.74) is -2.03. The van der Waals surface area contributed by atoms with Crippen LogP contribution in [-0.4, -0.2) is 38.8 Å². The first-order valence-electron chi connectivity index (χ1n) is 10.2. The maximum atomic E-state index is 13.4. The Morgan fingerprint density at radius 3 is 2.62 bits per heavy atom. The van der Waals surface area contributed by atoms with Crippen molar-refractivity contribution in [1.29, 1.82) is 0 Å². The van der Waals surface area contributed by atoms with E-state index in [2.05, 4.69) is 22.9 Å². The number of aliphatic hydroxyl groups is 2. The Kier molecular flexibility index (Phi) is 4.49. The third-order valence-corrected chi connectivity index (χ3v) is 9.57. The quantitative estimate of drug-likeness (QED) is 0.664. The molecule has 0 aliphatic heterocycles.